The Bertz CT molecular complexity index is 1120. The highest BCUT2D eigenvalue weighted by atomic mass is 16.6. The van der Waals surface area contributed by atoms with E-state index in [0.29, 0.717) is 18.9 Å². The number of piperidine rings is 1. The Hall–Kier alpha value is -1.35. The van der Waals surface area contributed by atoms with Gasteiger partial charge >= 0.3 is 5.97 Å². The van der Waals surface area contributed by atoms with Crippen LogP contribution in [0, 0.1) is 39.9 Å². The lowest BCUT2D eigenvalue weighted by molar-refractivity contribution is -0.380. The van der Waals surface area contributed by atoms with Crippen LogP contribution in [0.3, 0.4) is 0 Å². The predicted molar refractivity (Wildman–Crippen MR) is 131 cm³/mol. The van der Waals surface area contributed by atoms with E-state index in [-0.39, 0.29) is 43.0 Å². The molecule has 12 atom stereocenters. The van der Waals surface area contributed by atoms with Gasteiger partial charge in [0.05, 0.1) is 18.1 Å². The third kappa shape index (κ3) is 2.62. The average Bonchev–Trinajstić information content (AvgIpc) is 3.06. The van der Waals surface area contributed by atoms with Gasteiger partial charge in [0, 0.05) is 36.6 Å². The van der Waals surface area contributed by atoms with Crippen molar-refractivity contribution in [3.05, 3.63) is 0 Å². The van der Waals surface area contributed by atoms with E-state index in [2.05, 4.69) is 32.6 Å². The van der Waals surface area contributed by atoms with Gasteiger partial charge in [0.15, 0.2) is 11.5 Å². The number of ketones is 2. The molecule has 0 aromatic heterocycles. The number of nitrogens with zero attached hydrogens (tertiary/aromatic N) is 1. The molecule has 0 aromatic carbocycles. The number of esters is 1. The fraction of sp³-hybridized carbons (Fsp3) is 0.897. The molecule has 0 radical (unpaired) electrons. The first-order valence-electron chi connectivity index (χ1n) is 14.3. The summed E-state index contributed by atoms with van der Waals surface area (Å²) in [5.74, 6) is -1.51. The van der Waals surface area contributed by atoms with Gasteiger partial charge in [0.25, 0.3) is 0 Å². The Morgan fingerprint density at radius 3 is 2.51 bits per heavy atom. The lowest BCUT2D eigenvalue weighted by atomic mass is 9.33. The second-order valence-electron chi connectivity index (χ2n) is 14.9. The zero-order valence-electron chi connectivity index (χ0n) is 22.7. The number of hydrogen-bond donors (Lipinski definition) is 2. The molecule has 3 saturated carbocycles. The number of aliphatic hydroxyl groups is 2. The highest BCUT2D eigenvalue weighted by molar-refractivity contribution is 5.95. The molecule has 4 aliphatic heterocycles. The van der Waals surface area contributed by atoms with Crippen molar-refractivity contribution in [2.75, 3.05) is 6.54 Å². The SMILES string of the molecule is C[C@H]1C[C@H]2CN3[C@](CC[C@]4(C)[C@]35C[C@@]3(C)[C@@H]6C[C@@](C)(O)[C@@H](O)C(=O)[C@H]6CC(=O)[C@@H]3[C@@]4(C)CC(=O)O5)(C1)O2. The van der Waals surface area contributed by atoms with Crippen molar-refractivity contribution in [3.8, 4) is 0 Å². The third-order valence-corrected chi connectivity index (χ3v) is 12.8. The number of rotatable bonds is 0. The van der Waals surface area contributed by atoms with E-state index in [1.165, 1.54) is 6.92 Å². The van der Waals surface area contributed by atoms with Crippen molar-refractivity contribution in [2.24, 2.45) is 39.9 Å². The summed E-state index contributed by atoms with van der Waals surface area (Å²) in [4.78, 5) is 43.3. The number of hydrogen-bond acceptors (Lipinski definition) is 8. The molecule has 4 saturated heterocycles. The van der Waals surface area contributed by atoms with Crippen LogP contribution in [0.15, 0.2) is 0 Å². The Morgan fingerprint density at radius 2 is 1.78 bits per heavy atom. The summed E-state index contributed by atoms with van der Waals surface area (Å²) in [6, 6.07) is 0. The molecule has 4 heterocycles. The third-order valence-electron chi connectivity index (χ3n) is 12.8. The number of ether oxygens (including phenoxy) is 2. The Balaban J connectivity index is 1.43. The highest BCUT2D eigenvalue weighted by Gasteiger charge is 2.82. The first-order chi connectivity index (χ1) is 17.1. The summed E-state index contributed by atoms with van der Waals surface area (Å²) in [6.45, 7) is 10.9. The minimum Gasteiger partial charge on any atom is -0.443 e. The molecule has 7 rings (SSSR count). The highest BCUT2D eigenvalue weighted by Crippen LogP contribution is 2.77. The molecule has 0 aromatic rings. The second-order valence-corrected chi connectivity index (χ2v) is 14.9. The maximum Gasteiger partial charge on any atom is 0.308 e. The molecule has 37 heavy (non-hydrogen) atoms. The first kappa shape index (κ1) is 24.7. The molecule has 3 aliphatic carbocycles. The van der Waals surface area contributed by atoms with Crippen LogP contribution in [0.25, 0.3) is 0 Å². The molecular weight excluding hydrogens is 474 g/mol. The maximum absolute atomic E-state index is 14.1. The van der Waals surface area contributed by atoms with E-state index in [1.807, 2.05) is 0 Å². The van der Waals surface area contributed by atoms with Gasteiger partial charge in [-0.1, -0.05) is 27.7 Å². The van der Waals surface area contributed by atoms with Gasteiger partial charge in [0.1, 0.15) is 17.6 Å². The van der Waals surface area contributed by atoms with Crippen LogP contribution in [-0.4, -0.2) is 68.5 Å². The topological polar surface area (TPSA) is 113 Å². The summed E-state index contributed by atoms with van der Waals surface area (Å²) in [6.07, 6.45) is 3.03. The van der Waals surface area contributed by atoms with E-state index < -0.39 is 57.0 Å². The van der Waals surface area contributed by atoms with Crippen molar-refractivity contribution in [1.29, 1.82) is 0 Å². The molecule has 1 spiro atoms. The van der Waals surface area contributed by atoms with Gasteiger partial charge in [-0.25, -0.2) is 4.90 Å². The molecule has 8 nitrogen and oxygen atoms in total. The van der Waals surface area contributed by atoms with E-state index in [1.54, 1.807) is 0 Å². The largest absolute Gasteiger partial charge is 0.443 e. The van der Waals surface area contributed by atoms with Gasteiger partial charge in [-0.05, 0) is 61.7 Å². The van der Waals surface area contributed by atoms with Crippen LogP contribution in [0.5, 0.6) is 0 Å². The molecule has 4 bridgehead atoms. The molecule has 8 heteroatoms. The van der Waals surface area contributed by atoms with Crippen molar-refractivity contribution in [1.82, 2.24) is 4.90 Å². The van der Waals surface area contributed by atoms with Gasteiger partial charge in [-0.2, -0.15) is 0 Å². The number of carbonyl (C=O) groups is 3. The Kier molecular flexibility index (Phi) is 4.57. The molecule has 2 N–H and O–H groups in total. The maximum atomic E-state index is 14.1. The lowest BCUT2D eigenvalue weighted by Gasteiger charge is -2.76. The van der Waals surface area contributed by atoms with Gasteiger partial charge in [-0.15, -0.1) is 0 Å². The van der Waals surface area contributed by atoms with E-state index in [4.69, 9.17) is 9.47 Å². The second kappa shape index (κ2) is 6.86. The zero-order chi connectivity index (χ0) is 26.6. The normalized spacial score (nSPS) is 60.7. The number of aliphatic hydroxyl groups excluding tert-OH is 1. The van der Waals surface area contributed by atoms with Gasteiger partial charge < -0.3 is 19.7 Å². The molecular formula is C29H41NO7. The fourth-order valence-corrected chi connectivity index (χ4v) is 11.3. The minimum atomic E-state index is -1.56. The van der Waals surface area contributed by atoms with Crippen molar-refractivity contribution >= 4 is 17.5 Å². The van der Waals surface area contributed by atoms with Crippen LogP contribution < -0.4 is 0 Å². The summed E-state index contributed by atoms with van der Waals surface area (Å²) in [7, 11) is 0. The zero-order valence-corrected chi connectivity index (χ0v) is 22.7. The average molecular weight is 516 g/mol. The van der Waals surface area contributed by atoms with Crippen LogP contribution in [0.2, 0.25) is 0 Å². The van der Waals surface area contributed by atoms with Crippen LogP contribution in [-0.2, 0) is 23.9 Å². The van der Waals surface area contributed by atoms with E-state index in [9.17, 15) is 24.6 Å². The smallest absolute Gasteiger partial charge is 0.308 e. The standard InChI is InChI=1S/C29H41NO7/c1-15-8-16-13-30-28(10-15,36-16)7-6-27(5)25(3)12-20(32)37-29(27,30)14-24(2)18-11-26(4,35)23(34)21(33)17(18)9-19(31)22(24)25/h15-18,22-23,34-35H,6-14H2,1-5H3/t15-,16-,17-,18+,22-,23-,24-,25+,26+,27-,28-,29+/m0/s1. The van der Waals surface area contributed by atoms with Crippen LogP contribution in [0.1, 0.15) is 86.0 Å². The summed E-state index contributed by atoms with van der Waals surface area (Å²) >= 11 is 0. The van der Waals surface area contributed by atoms with E-state index in [0.717, 1.165) is 25.7 Å². The van der Waals surface area contributed by atoms with Crippen molar-refractivity contribution in [3.63, 3.8) is 0 Å². The quantitative estimate of drug-likeness (QED) is 0.474. The lowest BCUT2D eigenvalue weighted by Crippen LogP contribution is -2.83. The van der Waals surface area contributed by atoms with Crippen molar-refractivity contribution < 1.29 is 34.1 Å². The molecule has 7 fully saturated rings. The number of fused-ring (bicyclic) bond motifs is 5. The van der Waals surface area contributed by atoms with E-state index >= 15 is 0 Å². The Labute approximate surface area is 218 Å². The van der Waals surface area contributed by atoms with Crippen LogP contribution in [0.4, 0.5) is 0 Å². The monoisotopic (exact) mass is 515 g/mol. The van der Waals surface area contributed by atoms with Crippen LogP contribution >= 0.6 is 0 Å². The predicted octanol–water partition coefficient (Wildman–Crippen LogP) is 2.58. The summed E-state index contributed by atoms with van der Waals surface area (Å²) in [5.41, 5.74) is -4.80. The fourth-order valence-electron chi connectivity index (χ4n) is 11.3. The number of Topliss-reactive ketones (excluding diaryl/α,β-unsaturated/α-hetero) is 2. The van der Waals surface area contributed by atoms with Gasteiger partial charge in [-0.3, -0.25) is 14.4 Å². The summed E-state index contributed by atoms with van der Waals surface area (Å²) in [5, 5.41) is 21.8. The van der Waals surface area contributed by atoms with Crippen molar-refractivity contribution in [2.45, 2.75) is 115 Å². The Morgan fingerprint density at radius 1 is 1.05 bits per heavy atom. The molecule has 7 aliphatic rings. The molecule has 0 amide bonds. The summed E-state index contributed by atoms with van der Waals surface area (Å²) < 4.78 is 13.3. The first-order valence-corrected chi connectivity index (χ1v) is 14.3. The minimum absolute atomic E-state index is 0.0168. The molecule has 204 valence electrons. The molecule has 0 unspecified atom stereocenters. The number of carbonyl (C=O) groups excluding carboxylic acids is 3. The van der Waals surface area contributed by atoms with Gasteiger partial charge in [0.2, 0.25) is 0 Å².